The second-order valence-electron chi connectivity index (χ2n) is 7.91. The number of likely N-dealkylation sites (tertiary alicyclic amines) is 1. The molecular weight excluding hydrogens is 402 g/mol. The van der Waals surface area contributed by atoms with Crippen LogP contribution in [0.3, 0.4) is 0 Å². The standard InChI is InChI=1S/C23H27N3O3.ClH/c1-15(24)19-10-4-5-12-26(19)23(28)17-8-6-9-18(13-17)25-22(27)21-14-16-7-2-3-11-20(16)29-21;/h2-3,6-9,11,13,15,19,21H,4-5,10,12,14,24H2,1H3,(H,25,27);1H. The quantitative estimate of drug-likeness (QED) is 0.780. The molecule has 0 bridgehead atoms. The number of para-hydroxylation sites is 1. The summed E-state index contributed by atoms with van der Waals surface area (Å²) in [6.07, 6.45) is 3.00. The van der Waals surface area contributed by atoms with Crippen molar-refractivity contribution in [2.24, 2.45) is 5.73 Å². The molecule has 2 heterocycles. The highest BCUT2D eigenvalue weighted by atomic mass is 35.5. The number of nitrogens with one attached hydrogen (secondary N) is 1. The molecule has 0 radical (unpaired) electrons. The van der Waals surface area contributed by atoms with Crippen LogP contribution in [0, 0.1) is 0 Å². The number of carbonyl (C=O) groups is 2. The van der Waals surface area contributed by atoms with Crippen LogP contribution in [0.1, 0.15) is 42.1 Å². The highest BCUT2D eigenvalue weighted by Gasteiger charge is 2.31. The first-order valence-corrected chi connectivity index (χ1v) is 10.2. The number of nitrogens with zero attached hydrogens (tertiary/aromatic N) is 1. The molecule has 1 saturated heterocycles. The topological polar surface area (TPSA) is 84.7 Å². The molecule has 3 unspecified atom stereocenters. The smallest absolute Gasteiger partial charge is 0.265 e. The van der Waals surface area contributed by atoms with Crippen molar-refractivity contribution in [1.29, 1.82) is 0 Å². The number of anilines is 1. The average molecular weight is 430 g/mol. The van der Waals surface area contributed by atoms with E-state index >= 15 is 0 Å². The van der Waals surface area contributed by atoms with Crippen LogP contribution in [0.15, 0.2) is 48.5 Å². The number of hydrogen-bond acceptors (Lipinski definition) is 4. The molecule has 30 heavy (non-hydrogen) atoms. The van der Waals surface area contributed by atoms with Gasteiger partial charge in [-0.3, -0.25) is 9.59 Å². The molecule has 7 heteroatoms. The maximum Gasteiger partial charge on any atom is 0.265 e. The fourth-order valence-corrected chi connectivity index (χ4v) is 4.20. The molecular formula is C23H28ClN3O3. The van der Waals surface area contributed by atoms with E-state index in [1.54, 1.807) is 24.3 Å². The molecule has 6 nitrogen and oxygen atoms in total. The van der Waals surface area contributed by atoms with E-state index in [1.807, 2.05) is 36.1 Å². The van der Waals surface area contributed by atoms with Gasteiger partial charge in [-0.1, -0.05) is 24.3 Å². The molecule has 1 fully saturated rings. The van der Waals surface area contributed by atoms with Crippen LogP contribution in [0.25, 0.3) is 0 Å². The molecule has 2 aromatic carbocycles. The van der Waals surface area contributed by atoms with Crippen molar-refractivity contribution in [3.63, 3.8) is 0 Å². The number of piperidine rings is 1. The Morgan fingerprint density at radius 2 is 1.97 bits per heavy atom. The maximum absolute atomic E-state index is 13.1. The summed E-state index contributed by atoms with van der Waals surface area (Å²) in [5.41, 5.74) is 8.30. The van der Waals surface area contributed by atoms with Gasteiger partial charge in [0.25, 0.3) is 11.8 Å². The lowest BCUT2D eigenvalue weighted by molar-refractivity contribution is -0.122. The normalized spacial score (nSPS) is 21.1. The molecule has 2 amide bonds. The summed E-state index contributed by atoms with van der Waals surface area (Å²) < 4.78 is 5.75. The first-order valence-electron chi connectivity index (χ1n) is 10.2. The van der Waals surface area contributed by atoms with Crippen molar-refractivity contribution in [3.05, 3.63) is 59.7 Å². The fraction of sp³-hybridized carbons (Fsp3) is 0.391. The first kappa shape index (κ1) is 22.1. The Labute approximate surface area is 183 Å². The average Bonchev–Trinajstić information content (AvgIpc) is 3.18. The van der Waals surface area contributed by atoms with Crippen molar-refractivity contribution in [2.45, 2.75) is 50.8 Å². The number of ether oxygens (including phenoxy) is 1. The zero-order valence-electron chi connectivity index (χ0n) is 17.0. The minimum absolute atomic E-state index is 0. The molecule has 2 aromatic rings. The van der Waals surface area contributed by atoms with E-state index in [-0.39, 0.29) is 36.3 Å². The van der Waals surface area contributed by atoms with Gasteiger partial charge in [-0.15, -0.1) is 12.4 Å². The van der Waals surface area contributed by atoms with Gasteiger partial charge in [-0.05, 0) is 56.0 Å². The first-order chi connectivity index (χ1) is 14.0. The Bertz CT molecular complexity index is 893. The van der Waals surface area contributed by atoms with Crippen LogP contribution in [0.5, 0.6) is 5.75 Å². The maximum atomic E-state index is 13.1. The van der Waals surface area contributed by atoms with Gasteiger partial charge >= 0.3 is 0 Å². The summed E-state index contributed by atoms with van der Waals surface area (Å²) in [6.45, 7) is 2.67. The van der Waals surface area contributed by atoms with Gasteiger partial charge in [0.05, 0.1) is 0 Å². The molecule has 4 rings (SSSR count). The number of carbonyl (C=O) groups excluding carboxylic acids is 2. The Morgan fingerprint density at radius 3 is 2.73 bits per heavy atom. The van der Waals surface area contributed by atoms with Crippen LogP contribution < -0.4 is 15.8 Å². The highest BCUT2D eigenvalue weighted by Crippen LogP contribution is 2.29. The lowest BCUT2D eigenvalue weighted by atomic mass is 9.96. The minimum Gasteiger partial charge on any atom is -0.480 e. The Hall–Kier alpha value is -2.57. The van der Waals surface area contributed by atoms with Crippen LogP contribution in [0.2, 0.25) is 0 Å². The third-order valence-corrected chi connectivity index (χ3v) is 5.73. The summed E-state index contributed by atoms with van der Waals surface area (Å²) in [6, 6.07) is 14.8. The summed E-state index contributed by atoms with van der Waals surface area (Å²) in [5, 5.41) is 2.89. The van der Waals surface area contributed by atoms with Gasteiger partial charge in [0.2, 0.25) is 0 Å². The number of fused-ring (bicyclic) bond motifs is 1. The van der Waals surface area contributed by atoms with Gasteiger partial charge in [0.1, 0.15) is 5.75 Å². The van der Waals surface area contributed by atoms with Gasteiger partial charge in [-0.2, -0.15) is 0 Å². The predicted octanol–water partition coefficient (Wildman–Crippen LogP) is 3.39. The Morgan fingerprint density at radius 1 is 1.17 bits per heavy atom. The van der Waals surface area contributed by atoms with E-state index in [0.717, 1.165) is 37.1 Å². The van der Waals surface area contributed by atoms with Crippen molar-refractivity contribution >= 4 is 29.9 Å². The Balaban J connectivity index is 0.00000256. The third kappa shape index (κ3) is 4.60. The second-order valence-corrected chi connectivity index (χ2v) is 7.91. The molecule has 3 atom stereocenters. The van der Waals surface area contributed by atoms with E-state index in [0.29, 0.717) is 17.7 Å². The SMILES string of the molecule is CC(N)C1CCCCN1C(=O)c1cccc(NC(=O)C2Cc3ccccc3O2)c1.Cl. The lowest BCUT2D eigenvalue weighted by Crippen LogP contribution is -2.51. The number of amides is 2. The van der Waals surface area contributed by atoms with Gasteiger partial charge in [-0.25, -0.2) is 0 Å². The van der Waals surface area contributed by atoms with Crippen LogP contribution in [0.4, 0.5) is 5.69 Å². The van der Waals surface area contributed by atoms with Gasteiger partial charge in [0.15, 0.2) is 6.10 Å². The minimum atomic E-state index is -0.559. The second kappa shape index (κ2) is 9.49. The number of halogens is 1. The molecule has 0 aromatic heterocycles. The zero-order valence-corrected chi connectivity index (χ0v) is 17.9. The van der Waals surface area contributed by atoms with E-state index in [9.17, 15) is 9.59 Å². The molecule has 160 valence electrons. The van der Waals surface area contributed by atoms with Gasteiger partial charge < -0.3 is 20.7 Å². The van der Waals surface area contributed by atoms with Crippen molar-refractivity contribution in [1.82, 2.24) is 4.90 Å². The largest absolute Gasteiger partial charge is 0.480 e. The van der Waals surface area contributed by atoms with E-state index in [1.165, 1.54) is 0 Å². The zero-order chi connectivity index (χ0) is 20.4. The van der Waals surface area contributed by atoms with E-state index in [2.05, 4.69) is 5.32 Å². The molecule has 0 aliphatic carbocycles. The molecule has 0 saturated carbocycles. The number of nitrogens with two attached hydrogens (primary N) is 1. The summed E-state index contributed by atoms with van der Waals surface area (Å²) in [5.74, 6) is 0.508. The third-order valence-electron chi connectivity index (χ3n) is 5.73. The fourth-order valence-electron chi connectivity index (χ4n) is 4.20. The highest BCUT2D eigenvalue weighted by molar-refractivity contribution is 5.98. The number of hydrogen-bond donors (Lipinski definition) is 2. The van der Waals surface area contributed by atoms with Crippen molar-refractivity contribution < 1.29 is 14.3 Å². The molecule has 0 spiro atoms. The number of rotatable bonds is 4. The summed E-state index contributed by atoms with van der Waals surface area (Å²) >= 11 is 0. The van der Waals surface area contributed by atoms with Crippen LogP contribution in [-0.2, 0) is 11.2 Å². The van der Waals surface area contributed by atoms with Gasteiger partial charge in [0, 0.05) is 36.3 Å². The summed E-state index contributed by atoms with van der Waals surface area (Å²) in [4.78, 5) is 27.6. The predicted molar refractivity (Wildman–Crippen MR) is 119 cm³/mol. The summed E-state index contributed by atoms with van der Waals surface area (Å²) in [7, 11) is 0. The lowest BCUT2D eigenvalue weighted by Gasteiger charge is -2.38. The van der Waals surface area contributed by atoms with Crippen LogP contribution >= 0.6 is 12.4 Å². The van der Waals surface area contributed by atoms with E-state index < -0.39 is 6.10 Å². The van der Waals surface area contributed by atoms with Crippen molar-refractivity contribution in [2.75, 3.05) is 11.9 Å². The number of benzene rings is 2. The van der Waals surface area contributed by atoms with E-state index in [4.69, 9.17) is 10.5 Å². The molecule has 3 N–H and O–H groups in total. The molecule has 2 aliphatic rings. The van der Waals surface area contributed by atoms with Crippen LogP contribution in [-0.4, -0.2) is 41.4 Å². The van der Waals surface area contributed by atoms with Crippen molar-refractivity contribution in [3.8, 4) is 5.75 Å². The molecule has 2 aliphatic heterocycles. The monoisotopic (exact) mass is 429 g/mol. The Kier molecular flexibility index (Phi) is 7.00.